The first-order valence-corrected chi connectivity index (χ1v) is 9.16. The molecule has 5 nitrogen and oxygen atoms in total. The van der Waals surface area contributed by atoms with Crippen molar-refractivity contribution in [1.29, 1.82) is 0 Å². The van der Waals surface area contributed by atoms with Crippen LogP contribution in [0.5, 0.6) is 5.75 Å². The van der Waals surface area contributed by atoms with Crippen LogP contribution in [-0.4, -0.2) is 34.4 Å². The number of nitrogens with one attached hydrogen (secondary N) is 1. The molecular weight excluding hydrogens is 338 g/mol. The van der Waals surface area contributed by atoms with Crippen molar-refractivity contribution in [3.05, 3.63) is 71.7 Å². The van der Waals surface area contributed by atoms with Gasteiger partial charge < -0.3 is 14.6 Å². The second-order valence-corrected chi connectivity index (χ2v) is 6.98. The van der Waals surface area contributed by atoms with E-state index >= 15 is 0 Å². The van der Waals surface area contributed by atoms with Crippen molar-refractivity contribution in [3.8, 4) is 17.0 Å². The molecule has 1 N–H and O–H groups in total. The molecule has 0 bridgehead atoms. The van der Waals surface area contributed by atoms with Crippen LogP contribution >= 0.6 is 0 Å². The zero-order valence-electron chi connectivity index (χ0n) is 15.6. The highest BCUT2D eigenvalue weighted by molar-refractivity contribution is 5.79. The fraction of sp³-hybridized carbons (Fsp3) is 0.273. The molecule has 138 valence electrons. The van der Waals surface area contributed by atoms with E-state index in [0.29, 0.717) is 19.5 Å². The third kappa shape index (κ3) is 3.45. The number of benzene rings is 2. The molecule has 0 aliphatic carbocycles. The maximum Gasteiger partial charge on any atom is 0.223 e. The molecule has 27 heavy (non-hydrogen) atoms. The topological polar surface area (TPSA) is 58.2 Å². The summed E-state index contributed by atoms with van der Waals surface area (Å²) in [6.07, 6.45) is 2.35. The summed E-state index contributed by atoms with van der Waals surface area (Å²) in [7, 11) is 1.66. The fourth-order valence-corrected chi connectivity index (χ4v) is 3.70. The highest BCUT2D eigenvalue weighted by Crippen LogP contribution is 2.31. The van der Waals surface area contributed by atoms with Gasteiger partial charge in [-0.05, 0) is 18.6 Å². The predicted molar refractivity (Wildman–Crippen MR) is 105 cm³/mol. The van der Waals surface area contributed by atoms with Crippen LogP contribution in [0.15, 0.2) is 54.7 Å². The maximum atomic E-state index is 12.5. The quantitative estimate of drug-likeness (QED) is 0.750. The number of carbonyl (C=O) groups is 1. The molecule has 5 heteroatoms. The smallest absolute Gasteiger partial charge is 0.223 e. The van der Waals surface area contributed by atoms with Gasteiger partial charge in [0.25, 0.3) is 0 Å². The number of amides is 1. The molecule has 1 amide bonds. The number of methoxy groups -OCH3 is 1. The Kier molecular flexibility index (Phi) is 4.67. The van der Waals surface area contributed by atoms with Gasteiger partial charge in [-0.25, -0.2) is 4.98 Å². The van der Waals surface area contributed by atoms with Crippen LogP contribution in [0.25, 0.3) is 11.3 Å². The first-order chi connectivity index (χ1) is 13.2. The highest BCUT2D eigenvalue weighted by atomic mass is 16.5. The molecule has 2 heterocycles. The van der Waals surface area contributed by atoms with Crippen molar-refractivity contribution >= 4 is 5.91 Å². The number of imidazole rings is 1. The van der Waals surface area contributed by atoms with Gasteiger partial charge in [0.1, 0.15) is 11.6 Å². The number of aromatic amines is 1. The number of carbonyl (C=O) groups excluding carboxylic acids is 1. The van der Waals surface area contributed by atoms with Crippen molar-refractivity contribution in [2.75, 3.05) is 13.7 Å². The average Bonchev–Trinajstić information content (AvgIpc) is 3.30. The third-order valence-corrected chi connectivity index (χ3v) is 5.19. The lowest BCUT2D eigenvalue weighted by atomic mass is 10.1. The lowest BCUT2D eigenvalue weighted by Crippen LogP contribution is -2.24. The maximum absolute atomic E-state index is 12.5. The van der Waals surface area contributed by atoms with Crippen LogP contribution in [0.4, 0.5) is 0 Å². The summed E-state index contributed by atoms with van der Waals surface area (Å²) >= 11 is 0. The van der Waals surface area contributed by atoms with Crippen LogP contribution in [0.3, 0.4) is 0 Å². The molecule has 0 spiro atoms. The number of hydrogen-bond donors (Lipinski definition) is 1. The number of hydrogen-bond acceptors (Lipinski definition) is 3. The number of aryl methyl sites for hydroxylation is 1. The first-order valence-electron chi connectivity index (χ1n) is 9.16. The van der Waals surface area contributed by atoms with E-state index in [9.17, 15) is 4.79 Å². The van der Waals surface area contributed by atoms with Gasteiger partial charge in [-0.3, -0.25) is 4.79 Å². The van der Waals surface area contributed by atoms with E-state index in [1.807, 2.05) is 47.5 Å². The molecule has 0 unspecified atom stereocenters. The van der Waals surface area contributed by atoms with Crippen molar-refractivity contribution < 1.29 is 9.53 Å². The first kappa shape index (κ1) is 17.3. The molecule has 1 aromatic heterocycles. The summed E-state index contributed by atoms with van der Waals surface area (Å²) in [4.78, 5) is 22.4. The Labute approximate surface area is 159 Å². The minimum atomic E-state index is 0.0879. The average molecular weight is 361 g/mol. The monoisotopic (exact) mass is 361 g/mol. The molecular formula is C22H23N3O2. The molecule has 3 aromatic rings. The van der Waals surface area contributed by atoms with Gasteiger partial charge in [-0.1, -0.05) is 42.5 Å². The van der Waals surface area contributed by atoms with Gasteiger partial charge in [0.2, 0.25) is 5.91 Å². The number of ether oxygens (including phenoxy) is 1. The number of para-hydroxylation sites is 1. The van der Waals surface area contributed by atoms with E-state index < -0.39 is 0 Å². The number of aromatic nitrogens is 2. The van der Waals surface area contributed by atoms with E-state index in [-0.39, 0.29) is 11.8 Å². The second kappa shape index (κ2) is 7.27. The third-order valence-electron chi connectivity index (χ3n) is 5.19. The molecule has 1 aliphatic rings. The Morgan fingerprint density at radius 2 is 1.96 bits per heavy atom. The van der Waals surface area contributed by atoms with Crippen LogP contribution in [0.1, 0.15) is 29.3 Å². The molecule has 1 aliphatic heterocycles. The van der Waals surface area contributed by atoms with Crippen LogP contribution < -0.4 is 4.74 Å². The normalized spacial score (nSPS) is 16.7. The van der Waals surface area contributed by atoms with Crippen LogP contribution in [0, 0.1) is 6.92 Å². The molecule has 4 rings (SSSR count). The molecule has 1 fully saturated rings. The van der Waals surface area contributed by atoms with E-state index in [1.165, 1.54) is 5.56 Å². The molecule has 1 saturated heterocycles. The van der Waals surface area contributed by atoms with Gasteiger partial charge in [0.05, 0.1) is 19.0 Å². The summed E-state index contributed by atoms with van der Waals surface area (Å²) in [6.45, 7) is 3.31. The predicted octanol–water partition coefficient (Wildman–Crippen LogP) is 3.91. The fourth-order valence-electron chi connectivity index (χ4n) is 3.70. The summed E-state index contributed by atoms with van der Waals surface area (Å²) in [6, 6.07) is 16.1. The highest BCUT2D eigenvalue weighted by Gasteiger charge is 2.32. The van der Waals surface area contributed by atoms with Crippen LogP contribution in [0.2, 0.25) is 0 Å². The zero-order valence-corrected chi connectivity index (χ0v) is 15.6. The number of nitrogens with zero attached hydrogens (tertiary/aromatic N) is 2. The Hall–Kier alpha value is -3.08. The van der Waals surface area contributed by atoms with Gasteiger partial charge >= 0.3 is 0 Å². The van der Waals surface area contributed by atoms with Crippen molar-refractivity contribution in [3.63, 3.8) is 0 Å². The molecule has 2 aromatic carbocycles. The lowest BCUT2D eigenvalue weighted by molar-refractivity contribution is -0.128. The van der Waals surface area contributed by atoms with E-state index in [0.717, 1.165) is 28.4 Å². The Balaban J connectivity index is 1.51. The number of H-pyrrole nitrogens is 1. The van der Waals surface area contributed by atoms with E-state index in [1.54, 1.807) is 7.11 Å². The SMILES string of the molecule is COc1ccccc1CN1C[C@H](c2ncc(-c3ccccc3C)[nH]2)CC1=O. The summed E-state index contributed by atoms with van der Waals surface area (Å²) in [5, 5.41) is 0. The van der Waals surface area contributed by atoms with Gasteiger partial charge in [-0.15, -0.1) is 0 Å². The van der Waals surface area contributed by atoms with E-state index in [4.69, 9.17) is 4.74 Å². The minimum absolute atomic E-state index is 0.0879. The number of rotatable bonds is 5. The van der Waals surface area contributed by atoms with Crippen molar-refractivity contribution in [1.82, 2.24) is 14.9 Å². The van der Waals surface area contributed by atoms with Crippen LogP contribution in [-0.2, 0) is 11.3 Å². The summed E-state index contributed by atoms with van der Waals surface area (Å²) in [5.41, 5.74) is 4.37. The number of likely N-dealkylation sites (tertiary alicyclic amines) is 1. The van der Waals surface area contributed by atoms with Gasteiger partial charge in [-0.2, -0.15) is 0 Å². The van der Waals surface area contributed by atoms with Crippen molar-refractivity contribution in [2.45, 2.75) is 25.8 Å². The Morgan fingerprint density at radius 1 is 1.19 bits per heavy atom. The summed E-state index contributed by atoms with van der Waals surface area (Å²) in [5.74, 6) is 1.93. The minimum Gasteiger partial charge on any atom is -0.496 e. The largest absolute Gasteiger partial charge is 0.496 e. The Morgan fingerprint density at radius 3 is 2.78 bits per heavy atom. The van der Waals surface area contributed by atoms with E-state index in [2.05, 4.69) is 29.0 Å². The summed E-state index contributed by atoms with van der Waals surface area (Å²) < 4.78 is 5.41. The second-order valence-electron chi connectivity index (χ2n) is 6.98. The van der Waals surface area contributed by atoms with Gasteiger partial charge in [0, 0.05) is 36.6 Å². The molecule has 1 atom stereocenters. The lowest BCUT2D eigenvalue weighted by Gasteiger charge is -2.18. The molecule has 0 radical (unpaired) electrons. The van der Waals surface area contributed by atoms with Gasteiger partial charge in [0.15, 0.2) is 0 Å². The Bertz CT molecular complexity index is 963. The standard InChI is InChI=1S/C22H23N3O2/c1-15-7-3-5-9-18(15)19-12-23-22(24-19)17-11-21(26)25(14-17)13-16-8-4-6-10-20(16)27-2/h3-10,12,17H,11,13-14H2,1-2H3,(H,23,24)/t17-/m1/s1. The molecule has 0 saturated carbocycles. The van der Waals surface area contributed by atoms with Crippen molar-refractivity contribution in [2.24, 2.45) is 0 Å². The zero-order chi connectivity index (χ0) is 18.8.